The fourth-order valence-electron chi connectivity index (χ4n) is 4.66. The Labute approximate surface area is 212 Å². The maximum Gasteiger partial charge on any atom is 0.262 e. The van der Waals surface area contributed by atoms with Gasteiger partial charge in [0.1, 0.15) is 0 Å². The van der Waals surface area contributed by atoms with Gasteiger partial charge in [0.15, 0.2) is 5.16 Å². The van der Waals surface area contributed by atoms with Crippen molar-refractivity contribution in [2.75, 3.05) is 11.1 Å². The lowest BCUT2D eigenvalue weighted by Crippen LogP contribution is -2.36. The highest BCUT2D eigenvalue weighted by Crippen LogP contribution is 2.23. The summed E-state index contributed by atoms with van der Waals surface area (Å²) in [5.74, 6) is 0.126. The van der Waals surface area contributed by atoms with Gasteiger partial charge in [-0.25, -0.2) is 0 Å². The summed E-state index contributed by atoms with van der Waals surface area (Å²) in [6.07, 6.45) is 5.43. The number of carbonyl (C=O) groups excluding carboxylic acids is 2. The molecule has 2 aromatic carbocycles. The average Bonchev–Trinajstić information content (AvgIpc) is 3.31. The second kappa shape index (κ2) is 10.1. The fraction of sp³-hybridized carbons (Fsp3) is 0.346. The number of rotatable bonds is 6. The van der Waals surface area contributed by atoms with Crippen molar-refractivity contribution in [1.29, 1.82) is 0 Å². The molecule has 9 nitrogen and oxygen atoms in total. The highest BCUT2D eigenvalue weighted by atomic mass is 32.2. The summed E-state index contributed by atoms with van der Waals surface area (Å²) in [5, 5.41) is 15.4. The van der Waals surface area contributed by atoms with Crippen LogP contribution in [0, 0.1) is 6.92 Å². The number of hydrogen-bond donors (Lipinski definition) is 2. The van der Waals surface area contributed by atoms with E-state index in [0.29, 0.717) is 27.4 Å². The molecular formula is C26H28N6O3S. The Balaban J connectivity index is 1.44. The monoisotopic (exact) mass is 504 g/mol. The van der Waals surface area contributed by atoms with Crippen molar-refractivity contribution in [2.24, 2.45) is 7.05 Å². The van der Waals surface area contributed by atoms with Crippen LogP contribution in [0.2, 0.25) is 0 Å². The van der Waals surface area contributed by atoms with Crippen molar-refractivity contribution in [3.8, 4) is 0 Å². The molecule has 1 aliphatic rings. The maximum absolute atomic E-state index is 13.0. The molecule has 1 aliphatic carbocycles. The molecule has 0 unspecified atom stereocenters. The van der Waals surface area contributed by atoms with Crippen LogP contribution in [0.3, 0.4) is 0 Å². The molecule has 5 rings (SSSR count). The summed E-state index contributed by atoms with van der Waals surface area (Å²) in [7, 11) is 1.63. The van der Waals surface area contributed by atoms with E-state index in [-0.39, 0.29) is 29.2 Å². The van der Waals surface area contributed by atoms with E-state index in [0.717, 1.165) is 36.9 Å². The van der Waals surface area contributed by atoms with Gasteiger partial charge in [-0.3, -0.25) is 23.4 Å². The summed E-state index contributed by atoms with van der Waals surface area (Å²) in [5.41, 5.74) is 2.58. The largest absolute Gasteiger partial charge is 0.349 e. The van der Waals surface area contributed by atoms with Crippen LogP contribution in [0.4, 0.5) is 5.69 Å². The second-order valence-electron chi connectivity index (χ2n) is 9.23. The zero-order chi connectivity index (χ0) is 25.2. The molecule has 0 radical (unpaired) electrons. The van der Waals surface area contributed by atoms with Gasteiger partial charge in [-0.15, -0.1) is 10.2 Å². The van der Waals surface area contributed by atoms with Gasteiger partial charge in [-0.2, -0.15) is 0 Å². The molecule has 1 fully saturated rings. The molecule has 36 heavy (non-hydrogen) atoms. The first-order valence-corrected chi connectivity index (χ1v) is 13.1. The molecule has 1 saturated carbocycles. The van der Waals surface area contributed by atoms with Crippen molar-refractivity contribution in [1.82, 2.24) is 24.5 Å². The Bertz CT molecular complexity index is 1520. The van der Waals surface area contributed by atoms with Crippen LogP contribution in [-0.4, -0.2) is 42.8 Å². The topological polar surface area (TPSA) is 110 Å². The summed E-state index contributed by atoms with van der Waals surface area (Å²) >= 11 is 1.22. The van der Waals surface area contributed by atoms with Gasteiger partial charge in [0.2, 0.25) is 11.7 Å². The first-order chi connectivity index (χ1) is 17.4. The molecule has 2 amide bonds. The lowest BCUT2D eigenvalue weighted by atomic mass is 9.95. The van der Waals surface area contributed by atoms with E-state index in [1.165, 1.54) is 22.7 Å². The molecule has 186 valence electrons. The standard InChI is InChI=1S/C26H28N6O3S/c1-16-7-6-10-19(13-16)27-22(33)15-36-26-30-29-25-31(2)24(35)20-12-11-17(14-21(20)32(25)26)23(34)28-18-8-4-3-5-9-18/h6-7,10-14,18H,3-5,8-9,15H2,1-2H3,(H,27,33)(H,28,34). The van der Waals surface area contributed by atoms with Gasteiger partial charge in [-0.1, -0.05) is 43.2 Å². The third-order valence-corrected chi connectivity index (χ3v) is 7.46. The predicted octanol–water partition coefficient (Wildman–Crippen LogP) is 3.68. The number of fused-ring (bicyclic) bond motifs is 3. The van der Waals surface area contributed by atoms with Crippen LogP contribution in [-0.2, 0) is 11.8 Å². The quantitative estimate of drug-likeness (QED) is 0.388. The number of anilines is 1. The molecule has 0 atom stereocenters. The third-order valence-electron chi connectivity index (χ3n) is 6.53. The lowest BCUT2D eigenvalue weighted by molar-refractivity contribution is -0.113. The number of aryl methyl sites for hydroxylation is 2. The molecule has 0 saturated heterocycles. The minimum Gasteiger partial charge on any atom is -0.349 e. The highest BCUT2D eigenvalue weighted by Gasteiger charge is 2.20. The van der Waals surface area contributed by atoms with Gasteiger partial charge in [0.25, 0.3) is 11.5 Å². The Kier molecular flexibility index (Phi) is 6.77. The van der Waals surface area contributed by atoms with Crippen LogP contribution in [0.15, 0.2) is 52.4 Å². The zero-order valence-electron chi connectivity index (χ0n) is 20.3. The van der Waals surface area contributed by atoms with Crippen LogP contribution in [0.25, 0.3) is 16.7 Å². The molecule has 0 aliphatic heterocycles. The molecule has 2 heterocycles. The molecule has 0 bridgehead atoms. The Morgan fingerprint density at radius 1 is 1.08 bits per heavy atom. The highest BCUT2D eigenvalue weighted by molar-refractivity contribution is 7.99. The van der Waals surface area contributed by atoms with Gasteiger partial charge in [0.05, 0.1) is 16.7 Å². The minimum atomic E-state index is -0.224. The molecule has 4 aromatic rings. The third kappa shape index (κ3) is 4.86. The maximum atomic E-state index is 13.0. The van der Waals surface area contributed by atoms with E-state index in [9.17, 15) is 14.4 Å². The van der Waals surface area contributed by atoms with E-state index < -0.39 is 0 Å². The smallest absolute Gasteiger partial charge is 0.262 e. The van der Waals surface area contributed by atoms with Crippen LogP contribution in [0.5, 0.6) is 0 Å². The van der Waals surface area contributed by atoms with Crippen molar-refractivity contribution in [3.63, 3.8) is 0 Å². The van der Waals surface area contributed by atoms with Gasteiger partial charge in [-0.05, 0) is 55.7 Å². The Morgan fingerprint density at radius 2 is 1.89 bits per heavy atom. The zero-order valence-corrected chi connectivity index (χ0v) is 21.1. The molecule has 2 N–H and O–H groups in total. The first-order valence-electron chi connectivity index (χ1n) is 12.1. The molecule has 0 spiro atoms. The molecule has 2 aromatic heterocycles. The minimum absolute atomic E-state index is 0.112. The Morgan fingerprint density at radius 3 is 2.67 bits per heavy atom. The van der Waals surface area contributed by atoms with E-state index in [1.807, 2.05) is 31.2 Å². The van der Waals surface area contributed by atoms with Crippen molar-refractivity contribution in [3.05, 3.63) is 63.9 Å². The van der Waals surface area contributed by atoms with E-state index in [2.05, 4.69) is 20.8 Å². The number of aromatic nitrogens is 4. The molecular weight excluding hydrogens is 476 g/mol. The number of amides is 2. The number of hydrogen-bond acceptors (Lipinski definition) is 6. The first kappa shape index (κ1) is 24.1. The summed E-state index contributed by atoms with van der Waals surface area (Å²) in [6, 6.07) is 12.8. The summed E-state index contributed by atoms with van der Waals surface area (Å²) in [6.45, 7) is 1.96. The SMILES string of the molecule is Cc1cccc(NC(=O)CSc2nnc3n(C)c(=O)c4ccc(C(=O)NC5CCCCC5)cc4n23)c1. The van der Waals surface area contributed by atoms with Crippen LogP contribution < -0.4 is 16.2 Å². The van der Waals surface area contributed by atoms with E-state index in [1.54, 1.807) is 29.6 Å². The number of nitrogens with one attached hydrogen (secondary N) is 2. The normalized spacial score (nSPS) is 14.3. The molecule has 10 heteroatoms. The number of thioether (sulfide) groups is 1. The van der Waals surface area contributed by atoms with Gasteiger partial charge in [0, 0.05) is 24.3 Å². The average molecular weight is 505 g/mol. The van der Waals surface area contributed by atoms with Crippen molar-refractivity contribution in [2.45, 2.75) is 50.2 Å². The Hall–Kier alpha value is -3.66. The lowest BCUT2D eigenvalue weighted by Gasteiger charge is -2.22. The van der Waals surface area contributed by atoms with Crippen LogP contribution in [0.1, 0.15) is 48.0 Å². The predicted molar refractivity (Wildman–Crippen MR) is 141 cm³/mol. The van der Waals surface area contributed by atoms with Crippen LogP contribution >= 0.6 is 11.8 Å². The number of carbonyl (C=O) groups is 2. The van der Waals surface area contributed by atoms with Crippen molar-refractivity contribution >= 4 is 45.9 Å². The number of benzene rings is 2. The fourth-order valence-corrected chi connectivity index (χ4v) is 5.40. The summed E-state index contributed by atoms with van der Waals surface area (Å²) < 4.78 is 3.16. The van der Waals surface area contributed by atoms with Gasteiger partial charge < -0.3 is 10.6 Å². The van der Waals surface area contributed by atoms with E-state index in [4.69, 9.17) is 0 Å². The van der Waals surface area contributed by atoms with Gasteiger partial charge >= 0.3 is 0 Å². The second-order valence-corrected chi connectivity index (χ2v) is 10.2. The van der Waals surface area contributed by atoms with Crippen molar-refractivity contribution < 1.29 is 9.59 Å². The van der Waals surface area contributed by atoms with E-state index >= 15 is 0 Å². The number of nitrogens with zero attached hydrogens (tertiary/aromatic N) is 4. The summed E-state index contributed by atoms with van der Waals surface area (Å²) in [4.78, 5) is 38.5.